The van der Waals surface area contributed by atoms with Gasteiger partial charge in [0.1, 0.15) is 0 Å². The average Bonchev–Trinajstić information content (AvgIpc) is 3.14. The molecule has 1 amide bonds. The molecule has 1 aromatic heterocycles. The Hall–Kier alpha value is -3.42. The van der Waals surface area contributed by atoms with Crippen LogP contribution in [0.25, 0.3) is 6.08 Å². The van der Waals surface area contributed by atoms with Crippen LogP contribution in [0.2, 0.25) is 0 Å². The molecule has 0 bridgehead atoms. The van der Waals surface area contributed by atoms with E-state index < -0.39 is 0 Å². The maximum Gasteiger partial charge on any atom is 0.235 e. The number of pyridine rings is 1. The van der Waals surface area contributed by atoms with Crippen molar-refractivity contribution in [3.63, 3.8) is 0 Å². The minimum atomic E-state index is -0.296. The van der Waals surface area contributed by atoms with Gasteiger partial charge in [0, 0.05) is 30.9 Å². The van der Waals surface area contributed by atoms with E-state index in [1.54, 1.807) is 6.20 Å². The maximum absolute atomic E-state index is 12.9. The molecule has 32 heavy (non-hydrogen) atoms. The topological polar surface area (TPSA) is 45.2 Å². The summed E-state index contributed by atoms with van der Waals surface area (Å²) in [4.78, 5) is 19.6. The second kappa shape index (κ2) is 10.7. The smallest absolute Gasteiger partial charge is 0.235 e. The summed E-state index contributed by atoms with van der Waals surface area (Å²) in [7, 11) is 2.15. The van der Waals surface area contributed by atoms with E-state index in [4.69, 9.17) is 0 Å². The number of amides is 1. The second-order valence-corrected chi connectivity index (χ2v) is 8.03. The number of nitrogens with zero attached hydrogens (tertiary/aromatic N) is 2. The van der Waals surface area contributed by atoms with E-state index in [-0.39, 0.29) is 17.7 Å². The number of aromatic nitrogens is 1. The first-order valence-corrected chi connectivity index (χ1v) is 11.0. The number of anilines is 1. The highest BCUT2D eigenvalue weighted by molar-refractivity contribution is 6.05. The van der Waals surface area contributed by atoms with E-state index in [2.05, 4.69) is 79.3 Å². The Morgan fingerprint density at radius 3 is 2.59 bits per heavy atom. The van der Waals surface area contributed by atoms with Crippen LogP contribution in [0.3, 0.4) is 0 Å². The molecule has 2 aliphatic heterocycles. The zero-order valence-electron chi connectivity index (χ0n) is 19.1. The lowest BCUT2D eigenvalue weighted by Gasteiger charge is -2.30. The van der Waals surface area contributed by atoms with Gasteiger partial charge in [-0.2, -0.15) is 0 Å². The predicted molar refractivity (Wildman–Crippen MR) is 133 cm³/mol. The summed E-state index contributed by atoms with van der Waals surface area (Å²) in [5, 5.41) is 3.19. The van der Waals surface area contributed by atoms with Crippen LogP contribution < -0.4 is 5.32 Å². The van der Waals surface area contributed by atoms with Crippen LogP contribution in [-0.4, -0.2) is 29.4 Å². The molecule has 164 valence electrons. The quantitative estimate of drug-likeness (QED) is 0.522. The highest BCUT2D eigenvalue weighted by atomic mass is 16.2. The summed E-state index contributed by atoms with van der Waals surface area (Å²) in [6, 6.07) is 8.06. The molecule has 0 spiro atoms. The zero-order chi connectivity index (χ0) is 23.1. The van der Waals surface area contributed by atoms with Gasteiger partial charge in [0.25, 0.3) is 0 Å². The first kappa shape index (κ1) is 23.2. The van der Waals surface area contributed by atoms with E-state index >= 15 is 0 Å². The van der Waals surface area contributed by atoms with E-state index in [9.17, 15) is 4.79 Å². The van der Waals surface area contributed by atoms with Crippen molar-refractivity contribution in [1.29, 1.82) is 0 Å². The van der Waals surface area contributed by atoms with Crippen LogP contribution in [0.15, 0.2) is 60.8 Å². The number of carbonyl (C=O) groups is 1. The minimum Gasteiger partial charge on any atom is -0.325 e. The van der Waals surface area contributed by atoms with E-state index in [0.717, 1.165) is 36.5 Å². The van der Waals surface area contributed by atoms with Crippen LogP contribution >= 0.6 is 0 Å². The number of terminal acetylenes is 1. The molecule has 2 aliphatic rings. The van der Waals surface area contributed by atoms with Crippen LogP contribution in [0.4, 0.5) is 5.69 Å². The Labute approximate surface area is 191 Å². The molecule has 2 aromatic rings. The summed E-state index contributed by atoms with van der Waals surface area (Å²) in [6.07, 6.45) is 23.4. The number of carbonyl (C=O) groups excluding carboxylic acids is 1. The van der Waals surface area contributed by atoms with Gasteiger partial charge in [0.2, 0.25) is 5.91 Å². The first-order valence-electron chi connectivity index (χ1n) is 11.0. The normalized spacial score (nSPS) is 18.9. The fraction of sp³-hybridized carbons (Fsp3) is 0.286. The van der Waals surface area contributed by atoms with Crippen molar-refractivity contribution < 1.29 is 4.79 Å². The van der Waals surface area contributed by atoms with Gasteiger partial charge in [0.05, 0.1) is 11.6 Å². The summed E-state index contributed by atoms with van der Waals surface area (Å²) in [5.74, 6) is -0.0351. The summed E-state index contributed by atoms with van der Waals surface area (Å²) < 4.78 is 0. The van der Waals surface area contributed by atoms with E-state index in [1.807, 2.05) is 30.4 Å². The van der Waals surface area contributed by atoms with Gasteiger partial charge in [-0.05, 0) is 67.8 Å². The molecule has 4 heteroatoms. The highest BCUT2D eigenvalue weighted by Gasteiger charge is 2.34. The minimum absolute atomic E-state index is 0.0402. The Balaban J connectivity index is 0.00000141. The molecule has 4 nitrogen and oxygen atoms in total. The molecule has 0 fully saturated rings. The SMILES string of the molecule is C#C.CC=CC(/C=C\C)c1cc2c(c3c1CCN(C)C3)NC(=O)C2C=Cc1ccccn1. The lowest BCUT2D eigenvalue weighted by atomic mass is 9.82. The Morgan fingerprint density at radius 1 is 1.19 bits per heavy atom. The van der Waals surface area contributed by atoms with Gasteiger partial charge in [0.15, 0.2) is 0 Å². The lowest BCUT2D eigenvalue weighted by Crippen LogP contribution is -2.28. The van der Waals surface area contributed by atoms with Crippen molar-refractivity contribution in [2.24, 2.45) is 0 Å². The Bertz CT molecular complexity index is 1050. The molecule has 0 radical (unpaired) electrons. The van der Waals surface area contributed by atoms with Gasteiger partial charge < -0.3 is 10.2 Å². The molecule has 4 rings (SSSR count). The molecular formula is C28H31N3O. The number of benzene rings is 1. The number of hydrogen-bond acceptors (Lipinski definition) is 3. The third-order valence-corrected chi connectivity index (χ3v) is 5.96. The summed E-state index contributed by atoms with van der Waals surface area (Å²) in [6.45, 7) is 6.02. The van der Waals surface area contributed by atoms with Crippen molar-refractivity contribution in [1.82, 2.24) is 9.88 Å². The molecule has 3 heterocycles. The Morgan fingerprint density at radius 2 is 1.94 bits per heavy atom. The first-order chi connectivity index (χ1) is 15.6. The molecular weight excluding hydrogens is 394 g/mol. The molecule has 0 saturated heterocycles. The standard InChI is InChI=1S/C26H29N3O.C2H2/c1-4-8-18(9-5-2)22-16-23-21(12-11-19-10-6-7-14-27-19)26(30)28-25(23)24-17-29(3)15-13-20(22)24;1-2/h4-12,14,16,18,21H,13,15,17H2,1-3H3,(H,28,30);1-2H/b8-4-,9-5?,12-11?;. The average molecular weight is 426 g/mol. The molecule has 1 aromatic carbocycles. The van der Waals surface area contributed by atoms with Crippen molar-refractivity contribution in [2.45, 2.75) is 38.6 Å². The van der Waals surface area contributed by atoms with Crippen LogP contribution in [0.5, 0.6) is 0 Å². The van der Waals surface area contributed by atoms with Gasteiger partial charge in [-0.25, -0.2) is 0 Å². The Kier molecular flexibility index (Phi) is 7.81. The van der Waals surface area contributed by atoms with Crippen LogP contribution in [-0.2, 0) is 17.8 Å². The largest absolute Gasteiger partial charge is 0.325 e. The molecule has 0 aliphatic carbocycles. The van der Waals surface area contributed by atoms with Crippen LogP contribution in [0.1, 0.15) is 53.6 Å². The maximum atomic E-state index is 12.9. The predicted octanol–water partition coefficient (Wildman–Crippen LogP) is 5.30. The molecule has 2 atom stereocenters. The van der Waals surface area contributed by atoms with Gasteiger partial charge >= 0.3 is 0 Å². The second-order valence-electron chi connectivity index (χ2n) is 8.03. The van der Waals surface area contributed by atoms with Crippen molar-refractivity contribution in [3.05, 3.63) is 88.8 Å². The third kappa shape index (κ3) is 4.74. The molecule has 1 N–H and O–H groups in total. The van der Waals surface area contributed by atoms with Gasteiger partial charge in [-0.3, -0.25) is 9.78 Å². The number of allylic oxidation sites excluding steroid dienone is 4. The highest BCUT2D eigenvalue weighted by Crippen LogP contribution is 2.43. The van der Waals surface area contributed by atoms with E-state index in [0.29, 0.717) is 0 Å². The summed E-state index contributed by atoms with van der Waals surface area (Å²) in [5.41, 5.74) is 6.94. The van der Waals surface area contributed by atoms with E-state index in [1.165, 1.54) is 16.7 Å². The molecule has 0 saturated carbocycles. The monoisotopic (exact) mass is 425 g/mol. The lowest BCUT2D eigenvalue weighted by molar-refractivity contribution is -0.116. The number of likely N-dealkylation sites (N-methyl/N-ethyl adjacent to an activating group) is 1. The zero-order valence-corrected chi connectivity index (χ0v) is 19.1. The van der Waals surface area contributed by atoms with Crippen molar-refractivity contribution in [2.75, 3.05) is 18.9 Å². The summed E-state index contributed by atoms with van der Waals surface area (Å²) >= 11 is 0. The fourth-order valence-corrected chi connectivity index (χ4v) is 4.53. The number of nitrogens with one attached hydrogen (secondary N) is 1. The number of fused-ring (bicyclic) bond motifs is 3. The number of rotatable bonds is 5. The molecule has 2 unspecified atom stereocenters. The van der Waals surface area contributed by atoms with Crippen LogP contribution in [0, 0.1) is 12.8 Å². The van der Waals surface area contributed by atoms with Crippen molar-refractivity contribution in [3.8, 4) is 12.8 Å². The number of hydrogen-bond donors (Lipinski definition) is 1. The fourth-order valence-electron chi connectivity index (χ4n) is 4.53. The van der Waals surface area contributed by atoms with Gasteiger partial charge in [-0.1, -0.05) is 42.5 Å². The van der Waals surface area contributed by atoms with Crippen molar-refractivity contribution >= 4 is 17.7 Å². The third-order valence-electron chi connectivity index (χ3n) is 5.96. The van der Waals surface area contributed by atoms with Gasteiger partial charge in [-0.15, -0.1) is 12.8 Å².